The van der Waals surface area contributed by atoms with Crippen LogP contribution in [0.25, 0.3) is 0 Å². The van der Waals surface area contributed by atoms with Crippen LogP contribution in [0.5, 0.6) is 0 Å². The highest BCUT2D eigenvalue weighted by Crippen LogP contribution is 2.33. The first-order valence-corrected chi connectivity index (χ1v) is 12.4. The normalized spacial score (nSPS) is 25.4. The highest BCUT2D eigenvalue weighted by Gasteiger charge is 2.29. The molecule has 0 radical (unpaired) electrons. The average molecular weight is 449 g/mol. The molecule has 3 aliphatic rings. The number of nitrogens with one attached hydrogen (secondary N) is 1. The van der Waals surface area contributed by atoms with Crippen molar-refractivity contribution in [2.75, 3.05) is 19.6 Å². The molecule has 170 valence electrons. The van der Waals surface area contributed by atoms with Crippen LogP contribution in [0.4, 0.5) is 4.39 Å². The number of benzene rings is 1. The Bertz CT molecular complexity index is 782. The lowest BCUT2D eigenvalue weighted by molar-refractivity contribution is -0.122. The van der Waals surface area contributed by atoms with E-state index in [4.69, 9.17) is 11.6 Å². The van der Waals surface area contributed by atoms with Crippen LogP contribution in [-0.2, 0) is 4.79 Å². The summed E-state index contributed by atoms with van der Waals surface area (Å²) in [7, 11) is 0. The van der Waals surface area contributed by atoms with Gasteiger partial charge in [0, 0.05) is 23.9 Å². The molecule has 4 rings (SSSR count). The summed E-state index contributed by atoms with van der Waals surface area (Å²) in [6.07, 6.45) is 10.7. The minimum Gasteiger partial charge on any atom is -0.353 e. The third-order valence-corrected chi connectivity index (χ3v) is 7.70. The second-order valence-electron chi connectivity index (χ2n) is 9.83. The van der Waals surface area contributed by atoms with Crippen molar-refractivity contribution >= 4 is 23.3 Å². The van der Waals surface area contributed by atoms with Gasteiger partial charge in [-0.15, -0.1) is 0 Å². The van der Waals surface area contributed by atoms with E-state index in [1.165, 1.54) is 50.3 Å². The van der Waals surface area contributed by atoms with Crippen molar-refractivity contribution in [2.45, 2.75) is 70.3 Å². The lowest BCUT2D eigenvalue weighted by Crippen LogP contribution is -2.39. The van der Waals surface area contributed by atoms with E-state index in [0.717, 1.165) is 57.7 Å². The quantitative estimate of drug-likeness (QED) is 0.553. The minimum absolute atomic E-state index is 0.0195. The Balaban J connectivity index is 1.13. The number of piperidine rings is 1. The molecule has 0 atom stereocenters. The number of hydrogen-bond acceptors (Lipinski definition) is 3. The summed E-state index contributed by atoms with van der Waals surface area (Å²) in [6.45, 7) is 2.95. The molecule has 31 heavy (non-hydrogen) atoms. The average Bonchev–Trinajstić information content (AvgIpc) is 3.57. The summed E-state index contributed by atoms with van der Waals surface area (Å²) in [6, 6.07) is 4.41. The molecule has 0 aromatic heterocycles. The molecular formula is C25H34ClFN2O2. The number of hydrogen-bond donors (Lipinski definition) is 1. The molecule has 4 nitrogen and oxygen atoms in total. The second kappa shape index (κ2) is 10.4. The molecule has 0 bridgehead atoms. The van der Waals surface area contributed by atoms with E-state index >= 15 is 0 Å². The molecule has 2 aliphatic carbocycles. The third-order valence-electron chi connectivity index (χ3n) is 7.39. The Labute approximate surface area is 189 Å². The Morgan fingerprint density at radius 3 is 2.32 bits per heavy atom. The van der Waals surface area contributed by atoms with Gasteiger partial charge in [0.05, 0.1) is 5.02 Å². The molecule has 3 fully saturated rings. The Hall–Kier alpha value is -1.46. The lowest BCUT2D eigenvalue weighted by Gasteiger charge is -2.34. The second-order valence-corrected chi connectivity index (χ2v) is 10.2. The summed E-state index contributed by atoms with van der Waals surface area (Å²) in [5, 5.41) is 3.46. The van der Waals surface area contributed by atoms with E-state index < -0.39 is 5.82 Å². The fourth-order valence-corrected chi connectivity index (χ4v) is 5.42. The van der Waals surface area contributed by atoms with Gasteiger partial charge in [-0.05, 0) is 107 Å². The molecule has 1 aromatic carbocycles. The van der Waals surface area contributed by atoms with Gasteiger partial charge in [0.15, 0.2) is 5.78 Å². The van der Waals surface area contributed by atoms with Gasteiger partial charge in [-0.25, -0.2) is 4.39 Å². The summed E-state index contributed by atoms with van der Waals surface area (Å²) >= 11 is 6.08. The maximum absolute atomic E-state index is 13.2. The maximum Gasteiger partial charge on any atom is 0.220 e. The Kier molecular flexibility index (Phi) is 7.65. The smallest absolute Gasteiger partial charge is 0.220 e. The summed E-state index contributed by atoms with van der Waals surface area (Å²) in [4.78, 5) is 27.2. The Morgan fingerprint density at radius 2 is 1.68 bits per heavy atom. The Morgan fingerprint density at radius 1 is 1.00 bits per heavy atom. The number of nitrogens with zero attached hydrogens (tertiary/aromatic N) is 1. The molecule has 6 heteroatoms. The van der Waals surface area contributed by atoms with Gasteiger partial charge in [-0.1, -0.05) is 11.6 Å². The van der Waals surface area contributed by atoms with Gasteiger partial charge < -0.3 is 10.2 Å². The standard InChI is InChI=1S/C25H34ClFN2O2/c26-23-16-20(27)5-8-22(23)25(31)19-10-13-29(14-11-19)12-9-17-3-6-21(7-4-17)28-24(30)15-18-1-2-18/h5,8,16-19,21H,1-4,6-7,9-15H2,(H,28,30)/t17-,21-. The molecule has 1 saturated heterocycles. The fraction of sp³-hybridized carbons (Fsp3) is 0.680. The van der Waals surface area contributed by atoms with Gasteiger partial charge in [-0.2, -0.15) is 0 Å². The van der Waals surface area contributed by atoms with Crippen LogP contribution in [0.3, 0.4) is 0 Å². The maximum atomic E-state index is 13.2. The van der Waals surface area contributed by atoms with Crippen molar-refractivity contribution in [3.63, 3.8) is 0 Å². The number of likely N-dealkylation sites (tertiary alicyclic amines) is 1. The van der Waals surface area contributed by atoms with Gasteiger partial charge in [0.1, 0.15) is 5.82 Å². The molecule has 1 amide bonds. The van der Waals surface area contributed by atoms with E-state index in [0.29, 0.717) is 17.5 Å². The molecule has 1 aromatic rings. The molecule has 0 unspecified atom stereocenters. The van der Waals surface area contributed by atoms with E-state index in [9.17, 15) is 14.0 Å². The first-order valence-electron chi connectivity index (χ1n) is 12.0. The van der Waals surface area contributed by atoms with Gasteiger partial charge in [0.25, 0.3) is 0 Å². The highest BCUT2D eigenvalue weighted by molar-refractivity contribution is 6.34. The lowest BCUT2D eigenvalue weighted by atomic mass is 9.83. The van der Waals surface area contributed by atoms with E-state index in [-0.39, 0.29) is 22.6 Å². The molecular weight excluding hydrogens is 415 g/mol. The molecule has 1 N–H and O–H groups in total. The number of carbonyl (C=O) groups excluding carboxylic acids is 2. The predicted octanol–water partition coefficient (Wildman–Crippen LogP) is 5.24. The molecule has 1 aliphatic heterocycles. The van der Waals surface area contributed by atoms with Crippen LogP contribution < -0.4 is 5.32 Å². The molecule has 1 heterocycles. The van der Waals surface area contributed by atoms with Crippen LogP contribution in [0.2, 0.25) is 5.02 Å². The number of amides is 1. The van der Waals surface area contributed by atoms with Crippen LogP contribution >= 0.6 is 11.6 Å². The molecule has 2 saturated carbocycles. The monoisotopic (exact) mass is 448 g/mol. The minimum atomic E-state index is -0.411. The first-order chi connectivity index (χ1) is 15.0. The zero-order valence-corrected chi connectivity index (χ0v) is 19.0. The zero-order chi connectivity index (χ0) is 21.8. The van der Waals surface area contributed by atoms with E-state index in [2.05, 4.69) is 10.2 Å². The zero-order valence-electron chi connectivity index (χ0n) is 18.3. The van der Waals surface area contributed by atoms with Crippen molar-refractivity contribution in [1.82, 2.24) is 10.2 Å². The van der Waals surface area contributed by atoms with E-state index in [1.807, 2.05) is 0 Å². The van der Waals surface area contributed by atoms with Crippen molar-refractivity contribution in [3.8, 4) is 0 Å². The van der Waals surface area contributed by atoms with Crippen molar-refractivity contribution < 1.29 is 14.0 Å². The molecule has 0 spiro atoms. The summed E-state index contributed by atoms with van der Waals surface area (Å²) in [5.74, 6) is 1.27. The van der Waals surface area contributed by atoms with Crippen LogP contribution in [-0.4, -0.2) is 42.3 Å². The van der Waals surface area contributed by atoms with E-state index in [1.54, 1.807) is 0 Å². The van der Waals surface area contributed by atoms with Crippen LogP contribution in [0, 0.1) is 23.6 Å². The number of halogens is 2. The number of ketones is 1. The van der Waals surface area contributed by atoms with Gasteiger partial charge in [0.2, 0.25) is 5.91 Å². The van der Waals surface area contributed by atoms with Crippen molar-refractivity contribution in [2.24, 2.45) is 17.8 Å². The van der Waals surface area contributed by atoms with Crippen LogP contribution in [0.15, 0.2) is 18.2 Å². The number of rotatable bonds is 8. The number of Topliss-reactive ketones (excluding diaryl/α,β-unsaturated/α-hetero) is 1. The summed E-state index contributed by atoms with van der Waals surface area (Å²) < 4.78 is 13.2. The fourth-order valence-electron chi connectivity index (χ4n) is 5.16. The largest absolute Gasteiger partial charge is 0.353 e. The highest BCUT2D eigenvalue weighted by atomic mass is 35.5. The van der Waals surface area contributed by atoms with Crippen LogP contribution in [0.1, 0.15) is 74.6 Å². The SMILES string of the molecule is O=C(CC1CC1)N[C@H]1CC[C@H](CCN2CCC(C(=O)c3ccc(F)cc3Cl)CC2)CC1. The topological polar surface area (TPSA) is 49.4 Å². The predicted molar refractivity (Wildman–Crippen MR) is 121 cm³/mol. The van der Waals surface area contributed by atoms with Crippen molar-refractivity contribution in [1.29, 1.82) is 0 Å². The summed E-state index contributed by atoms with van der Waals surface area (Å²) in [5.41, 5.74) is 0.447. The first kappa shape index (κ1) is 22.7. The van der Waals surface area contributed by atoms with Crippen molar-refractivity contribution in [3.05, 3.63) is 34.6 Å². The third kappa shape index (κ3) is 6.52. The number of carbonyl (C=O) groups is 2. The van der Waals surface area contributed by atoms with Gasteiger partial charge >= 0.3 is 0 Å². The van der Waals surface area contributed by atoms with Gasteiger partial charge in [-0.3, -0.25) is 9.59 Å².